The molecule has 0 saturated carbocycles. The lowest BCUT2D eigenvalue weighted by Gasteiger charge is -2.11. The van der Waals surface area contributed by atoms with Crippen molar-refractivity contribution in [3.63, 3.8) is 0 Å². The van der Waals surface area contributed by atoms with Gasteiger partial charge in [-0.1, -0.05) is 23.7 Å². The Kier molecular flexibility index (Phi) is 5.43. The van der Waals surface area contributed by atoms with Crippen molar-refractivity contribution in [1.82, 2.24) is 15.3 Å². The lowest BCUT2D eigenvalue weighted by molar-refractivity contribution is -0.121. The van der Waals surface area contributed by atoms with Gasteiger partial charge in [-0.15, -0.1) is 11.8 Å². The number of H-pyrrole nitrogens is 1. The molecule has 2 N–H and O–H groups in total. The summed E-state index contributed by atoms with van der Waals surface area (Å²) in [5, 5.41) is 3.70. The average molecular weight is 360 g/mol. The summed E-state index contributed by atoms with van der Waals surface area (Å²) in [5.74, 6) is 1.51. The van der Waals surface area contributed by atoms with Gasteiger partial charge >= 0.3 is 0 Å². The van der Waals surface area contributed by atoms with Crippen LogP contribution in [0.3, 0.4) is 0 Å². The Morgan fingerprint density at radius 1 is 1.25 bits per heavy atom. The molecule has 0 radical (unpaired) electrons. The lowest BCUT2D eigenvalue weighted by Crippen LogP contribution is -2.27. The van der Waals surface area contributed by atoms with E-state index in [1.165, 1.54) is 0 Å². The summed E-state index contributed by atoms with van der Waals surface area (Å²) in [7, 11) is 0. The highest BCUT2D eigenvalue weighted by Crippen LogP contribution is 2.21. The molecule has 0 fully saturated rings. The van der Waals surface area contributed by atoms with E-state index in [9.17, 15) is 4.79 Å². The van der Waals surface area contributed by atoms with Gasteiger partial charge in [0.1, 0.15) is 5.82 Å². The summed E-state index contributed by atoms with van der Waals surface area (Å²) in [6.07, 6.45) is 0.456. The van der Waals surface area contributed by atoms with Crippen molar-refractivity contribution in [2.75, 3.05) is 5.75 Å². The van der Waals surface area contributed by atoms with Crippen LogP contribution in [0.2, 0.25) is 5.02 Å². The predicted molar refractivity (Wildman–Crippen MR) is 99.4 cm³/mol. The molecule has 0 aliphatic rings. The quantitative estimate of drug-likeness (QED) is 0.633. The van der Waals surface area contributed by atoms with Gasteiger partial charge in [-0.25, -0.2) is 4.98 Å². The number of halogens is 1. The maximum absolute atomic E-state index is 12.1. The van der Waals surface area contributed by atoms with Gasteiger partial charge in [0.2, 0.25) is 5.91 Å². The monoisotopic (exact) mass is 359 g/mol. The highest BCUT2D eigenvalue weighted by molar-refractivity contribution is 7.99. The molecule has 2 aromatic carbocycles. The van der Waals surface area contributed by atoms with Crippen LogP contribution in [-0.4, -0.2) is 21.6 Å². The third-order valence-electron chi connectivity index (χ3n) is 3.61. The minimum absolute atomic E-state index is 0.0180. The number of aromatic nitrogens is 2. The number of carbonyl (C=O) groups is 1. The lowest BCUT2D eigenvalue weighted by atomic mass is 10.3. The van der Waals surface area contributed by atoms with E-state index in [2.05, 4.69) is 15.3 Å². The van der Waals surface area contributed by atoms with Gasteiger partial charge in [-0.05, 0) is 43.3 Å². The molecule has 3 aromatic rings. The van der Waals surface area contributed by atoms with Gasteiger partial charge in [0.25, 0.3) is 0 Å². The fourth-order valence-corrected chi connectivity index (χ4v) is 3.33. The average Bonchev–Trinajstić information content (AvgIpc) is 3.01. The number of para-hydroxylation sites is 2. The fraction of sp³-hybridized carbons (Fsp3) is 0.222. The second-order valence-electron chi connectivity index (χ2n) is 5.48. The summed E-state index contributed by atoms with van der Waals surface area (Å²) in [5.41, 5.74) is 1.89. The zero-order valence-electron chi connectivity index (χ0n) is 13.3. The second-order valence-corrected chi connectivity index (χ2v) is 7.09. The van der Waals surface area contributed by atoms with Crippen molar-refractivity contribution in [2.24, 2.45) is 0 Å². The Hall–Kier alpha value is -1.98. The number of rotatable bonds is 6. The summed E-state index contributed by atoms with van der Waals surface area (Å²) < 4.78 is 0. The van der Waals surface area contributed by atoms with Crippen molar-refractivity contribution < 1.29 is 4.79 Å². The number of hydrogen-bond acceptors (Lipinski definition) is 3. The molecule has 1 heterocycles. The Labute approximate surface area is 150 Å². The number of carbonyl (C=O) groups excluding carboxylic acids is 1. The number of hydrogen-bond donors (Lipinski definition) is 2. The number of nitrogens with one attached hydrogen (secondary N) is 2. The summed E-state index contributed by atoms with van der Waals surface area (Å²) in [6.45, 7) is 1.93. The molecule has 0 bridgehead atoms. The number of imidazole rings is 1. The minimum Gasteiger partial charge on any atom is -0.346 e. The largest absolute Gasteiger partial charge is 0.346 e. The first-order valence-electron chi connectivity index (χ1n) is 7.74. The van der Waals surface area contributed by atoms with Gasteiger partial charge in [-0.2, -0.15) is 0 Å². The third kappa shape index (κ3) is 4.30. The van der Waals surface area contributed by atoms with E-state index in [0.717, 1.165) is 32.5 Å². The number of fused-ring (bicyclic) bond motifs is 1. The number of aromatic amines is 1. The normalized spacial score (nSPS) is 12.2. The SMILES string of the molecule is C[C@H](NC(=O)CCSc1ccc(Cl)cc1)c1nc2ccccc2[nH]1. The van der Waals surface area contributed by atoms with Gasteiger partial charge in [-0.3, -0.25) is 4.79 Å². The van der Waals surface area contributed by atoms with Crippen LogP contribution in [0.25, 0.3) is 11.0 Å². The fourth-order valence-electron chi connectivity index (χ4n) is 2.35. The Morgan fingerprint density at radius 2 is 2.00 bits per heavy atom. The Bertz CT molecular complexity index is 799. The first-order chi connectivity index (χ1) is 11.6. The third-order valence-corrected chi connectivity index (χ3v) is 4.87. The smallest absolute Gasteiger partial charge is 0.221 e. The van der Waals surface area contributed by atoms with Crippen molar-refractivity contribution in [1.29, 1.82) is 0 Å². The molecule has 3 rings (SSSR count). The number of benzene rings is 2. The predicted octanol–water partition coefficient (Wildman–Crippen LogP) is 4.58. The topological polar surface area (TPSA) is 57.8 Å². The summed E-state index contributed by atoms with van der Waals surface area (Å²) in [6, 6.07) is 15.3. The van der Waals surface area contributed by atoms with E-state index in [0.29, 0.717) is 6.42 Å². The van der Waals surface area contributed by atoms with Crippen molar-refractivity contribution in [3.05, 3.63) is 59.4 Å². The molecule has 24 heavy (non-hydrogen) atoms. The standard InChI is InChI=1S/C18H18ClN3OS/c1-12(18-21-15-4-2-3-5-16(15)22-18)20-17(23)10-11-24-14-8-6-13(19)7-9-14/h2-9,12H,10-11H2,1H3,(H,20,23)(H,21,22)/t12-/m0/s1. The number of thioether (sulfide) groups is 1. The molecule has 6 heteroatoms. The van der Waals surface area contributed by atoms with Gasteiger partial charge < -0.3 is 10.3 Å². The van der Waals surface area contributed by atoms with Crippen LogP contribution in [0.15, 0.2) is 53.4 Å². The first kappa shape index (κ1) is 16.9. The molecule has 1 amide bonds. The summed E-state index contributed by atoms with van der Waals surface area (Å²) >= 11 is 7.50. The highest BCUT2D eigenvalue weighted by atomic mass is 35.5. The van der Waals surface area contributed by atoms with E-state index in [-0.39, 0.29) is 11.9 Å². The molecule has 0 saturated heterocycles. The van der Waals surface area contributed by atoms with Crippen molar-refractivity contribution in [3.8, 4) is 0 Å². The van der Waals surface area contributed by atoms with Gasteiger partial charge in [0.15, 0.2) is 0 Å². The van der Waals surface area contributed by atoms with E-state index >= 15 is 0 Å². The molecule has 0 unspecified atom stereocenters. The highest BCUT2D eigenvalue weighted by Gasteiger charge is 2.13. The minimum atomic E-state index is -0.148. The maximum atomic E-state index is 12.1. The van der Waals surface area contributed by atoms with Crippen molar-refractivity contribution >= 4 is 40.3 Å². The first-order valence-corrected chi connectivity index (χ1v) is 9.10. The molecule has 0 aliphatic heterocycles. The zero-order chi connectivity index (χ0) is 16.9. The molecular formula is C18H18ClN3OS. The van der Waals surface area contributed by atoms with Crippen LogP contribution < -0.4 is 5.32 Å². The molecule has 1 atom stereocenters. The molecule has 4 nitrogen and oxygen atoms in total. The van der Waals surface area contributed by atoms with E-state index in [4.69, 9.17) is 11.6 Å². The van der Waals surface area contributed by atoms with Crippen LogP contribution >= 0.6 is 23.4 Å². The maximum Gasteiger partial charge on any atom is 0.221 e. The van der Waals surface area contributed by atoms with Crippen molar-refractivity contribution in [2.45, 2.75) is 24.3 Å². The van der Waals surface area contributed by atoms with Gasteiger partial charge in [0.05, 0.1) is 17.1 Å². The van der Waals surface area contributed by atoms with Crippen LogP contribution in [0, 0.1) is 0 Å². The molecule has 124 valence electrons. The Morgan fingerprint density at radius 3 is 2.75 bits per heavy atom. The molecular weight excluding hydrogens is 342 g/mol. The molecule has 0 spiro atoms. The van der Waals surface area contributed by atoms with Crippen LogP contribution in [-0.2, 0) is 4.79 Å². The van der Waals surface area contributed by atoms with Gasteiger partial charge in [0, 0.05) is 22.1 Å². The van der Waals surface area contributed by atoms with Crippen LogP contribution in [0.5, 0.6) is 0 Å². The van der Waals surface area contributed by atoms with Crippen LogP contribution in [0.1, 0.15) is 25.2 Å². The molecule has 0 aliphatic carbocycles. The van der Waals surface area contributed by atoms with Crippen LogP contribution in [0.4, 0.5) is 0 Å². The van der Waals surface area contributed by atoms with E-state index in [1.54, 1.807) is 11.8 Å². The molecule has 1 aromatic heterocycles. The summed E-state index contributed by atoms with van der Waals surface area (Å²) in [4.78, 5) is 21.0. The second kappa shape index (κ2) is 7.73. The van der Waals surface area contributed by atoms with E-state index in [1.807, 2.05) is 55.5 Å². The number of nitrogens with zero attached hydrogens (tertiary/aromatic N) is 1. The Balaban J connectivity index is 1.49. The zero-order valence-corrected chi connectivity index (χ0v) is 14.8. The number of amides is 1. The van der Waals surface area contributed by atoms with E-state index < -0.39 is 0 Å².